The fourth-order valence-electron chi connectivity index (χ4n) is 4.14. The molecule has 0 bridgehead atoms. The molecular formula is C27H25NO4. The van der Waals surface area contributed by atoms with Gasteiger partial charge in [0.1, 0.15) is 11.5 Å². The maximum absolute atomic E-state index is 13.1. The van der Waals surface area contributed by atoms with Gasteiger partial charge in [0, 0.05) is 12.1 Å². The molecule has 1 amide bonds. The normalized spacial score (nSPS) is 17.7. The topological polar surface area (TPSA) is 77.8 Å². The van der Waals surface area contributed by atoms with Crippen LogP contribution in [0.15, 0.2) is 78.4 Å². The van der Waals surface area contributed by atoms with Gasteiger partial charge < -0.3 is 15.1 Å². The molecule has 162 valence electrons. The second kappa shape index (κ2) is 8.71. The standard InChI is InChI=1S/C27H25NO4/c1-17-8-9-18(2)22(16-17)25(30)23-24(20-10-12-21(29)13-11-20)28(27(32)26(23)31)15-14-19-6-4-3-5-7-19/h3-13,16,24,29-30H,14-15H2,1-2H3/b25-23+. The van der Waals surface area contributed by atoms with Crippen molar-refractivity contribution in [1.29, 1.82) is 0 Å². The van der Waals surface area contributed by atoms with Crippen molar-refractivity contribution in [2.24, 2.45) is 0 Å². The number of Topliss-reactive ketones (excluding diaryl/α,β-unsaturated/α-hetero) is 1. The van der Waals surface area contributed by atoms with Crippen molar-refractivity contribution in [2.45, 2.75) is 26.3 Å². The first kappa shape index (κ1) is 21.4. The van der Waals surface area contributed by atoms with E-state index in [0.717, 1.165) is 16.7 Å². The summed E-state index contributed by atoms with van der Waals surface area (Å²) >= 11 is 0. The van der Waals surface area contributed by atoms with Crippen molar-refractivity contribution in [3.05, 3.63) is 106 Å². The second-order valence-corrected chi connectivity index (χ2v) is 8.14. The van der Waals surface area contributed by atoms with Crippen molar-refractivity contribution >= 4 is 17.4 Å². The number of aliphatic hydroxyl groups is 1. The fourth-order valence-corrected chi connectivity index (χ4v) is 4.14. The third kappa shape index (κ3) is 4.02. The molecule has 0 radical (unpaired) electrons. The summed E-state index contributed by atoms with van der Waals surface area (Å²) in [5.74, 6) is -1.42. The van der Waals surface area contributed by atoms with E-state index in [1.807, 2.05) is 62.4 Å². The molecule has 3 aromatic rings. The van der Waals surface area contributed by atoms with Crippen LogP contribution < -0.4 is 0 Å². The van der Waals surface area contributed by atoms with Crippen molar-refractivity contribution in [3.8, 4) is 5.75 Å². The summed E-state index contributed by atoms with van der Waals surface area (Å²) in [6, 6.07) is 21.0. The lowest BCUT2D eigenvalue weighted by atomic mass is 9.93. The largest absolute Gasteiger partial charge is 0.508 e. The number of benzene rings is 3. The summed E-state index contributed by atoms with van der Waals surface area (Å²) in [5, 5.41) is 21.0. The quantitative estimate of drug-likeness (QED) is 0.352. The SMILES string of the molecule is Cc1ccc(C)c(/C(O)=C2\C(=O)C(=O)N(CCc3ccccc3)C2c2ccc(O)cc2)c1. The van der Waals surface area contributed by atoms with Crippen LogP contribution in [0.3, 0.4) is 0 Å². The van der Waals surface area contributed by atoms with Crippen molar-refractivity contribution in [1.82, 2.24) is 4.90 Å². The number of ketones is 1. The number of hydrogen-bond donors (Lipinski definition) is 2. The molecule has 1 saturated heterocycles. The maximum atomic E-state index is 13.1. The van der Waals surface area contributed by atoms with Crippen LogP contribution in [-0.2, 0) is 16.0 Å². The first-order valence-electron chi connectivity index (χ1n) is 10.6. The summed E-state index contributed by atoms with van der Waals surface area (Å²) < 4.78 is 0. The predicted molar refractivity (Wildman–Crippen MR) is 123 cm³/mol. The van der Waals surface area contributed by atoms with Crippen LogP contribution in [-0.4, -0.2) is 33.3 Å². The van der Waals surface area contributed by atoms with Crippen molar-refractivity contribution in [3.63, 3.8) is 0 Å². The van der Waals surface area contributed by atoms with Crippen LogP contribution in [0.2, 0.25) is 0 Å². The van der Waals surface area contributed by atoms with E-state index >= 15 is 0 Å². The fraction of sp³-hybridized carbons (Fsp3) is 0.185. The van der Waals surface area contributed by atoms with Gasteiger partial charge in [-0.15, -0.1) is 0 Å². The number of hydrogen-bond acceptors (Lipinski definition) is 4. The third-order valence-electron chi connectivity index (χ3n) is 5.88. The second-order valence-electron chi connectivity index (χ2n) is 8.14. The summed E-state index contributed by atoms with van der Waals surface area (Å²) in [6.07, 6.45) is 0.575. The number of aryl methyl sites for hydroxylation is 2. The lowest BCUT2D eigenvalue weighted by Gasteiger charge is -2.25. The Bertz CT molecular complexity index is 1200. The van der Waals surface area contributed by atoms with Crippen LogP contribution in [0, 0.1) is 13.8 Å². The third-order valence-corrected chi connectivity index (χ3v) is 5.88. The Morgan fingerprint density at radius 3 is 2.31 bits per heavy atom. The lowest BCUT2D eigenvalue weighted by Crippen LogP contribution is -2.31. The van der Waals surface area contributed by atoms with E-state index in [9.17, 15) is 19.8 Å². The Morgan fingerprint density at radius 2 is 1.62 bits per heavy atom. The van der Waals surface area contributed by atoms with Gasteiger partial charge >= 0.3 is 0 Å². The van der Waals surface area contributed by atoms with E-state index in [1.165, 1.54) is 17.0 Å². The molecular weight excluding hydrogens is 402 g/mol. The van der Waals surface area contributed by atoms with Gasteiger partial charge in [0.2, 0.25) is 0 Å². The first-order valence-corrected chi connectivity index (χ1v) is 10.6. The van der Waals surface area contributed by atoms with Crippen LogP contribution in [0.5, 0.6) is 5.75 Å². The molecule has 1 atom stereocenters. The zero-order chi connectivity index (χ0) is 22.8. The summed E-state index contributed by atoms with van der Waals surface area (Å²) in [6.45, 7) is 4.09. The van der Waals surface area contributed by atoms with Gasteiger partial charge in [-0.05, 0) is 55.2 Å². The van der Waals surface area contributed by atoms with E-state index in [4.69, 9.17) is 0 Å². The smallest absolute Gasteiger partial charge is 0.295 e. The van der Waals surface area contributed by atoms with E-state index in [-0.39, 0.29) is 17.1 Å². The highest BCUT2D eigenvalue weighted by molar-refractivity contribution is 6.46. The van der Waals surface area contributed by atoms with Crippen LogP contribution in [0.25, 0.3) is 5.76 Å². The number of likely N-dealkylation sites (tertiary alicyclic amines) is 1. The molecule has 5 heteroatoms. The highest BCUT2D eigenvalue weighted by Gasteiger charge is 2.45. The minimum Gasteiger partial charge on any atom is -0.508 e. The number of rotatable bonds is 5. The Kier molecular flexibility index (Phi) is 5.82. The number of nitrogens with zero attached hydrogens (tertiary/aromatic N) is 1. The number of carbonyl (C=O) groups excluding carboxylic acids is 2. The Hall–Kier alpha value is -3.86. The molecule has 1 aliphatic rings. The molecule has 1 unspecified atom stereocenters. The number of carbonyl (C=O) groups is 2. The molecule has 1 aliphatic heterocycles. The van der Waals surface area contributed by atoms with Gasteiger partial charge in [-0.2, -0.15) is 0 Å². The molecule has 4 rings (SSSR count). The first-order chi connectivity index (χ1) is 15.4. The molecule has 3 aromatic carbocycles. The van der Waals surface area contributed by atoms with Gasteiger partial charge in [0.05, 0.1) is 11.6 Å². The zero-order valence-corrected chi connectivity index (χ0v) is 18.1. The summed E-state index contributed by atoms with van der Waals surface area (Å²) in [5.41, 5.74) is 4.07. The monoisotopic (exact) mass is 427 g/mol. The van der Waals surface area contributed by atoms with E-state index in [2.05, 4.69) is 0 Å². The molecule has 32 heavy (non-hydrogen) atoms. The Balaban J connectivity index is 1.82. The van der Waals surface area contributed by atoms with Gasteiger partial charge in [-0.1, -0.05) is 60.2 Å². The van der Waals surface area contributed by atoms with E-state index in [0.29, 0.717) is 24.1 Å². The molecule has 2 N–H and O–H groups in total. The van der Waals surface area contributed by atoms with Crippen LogP contribution in [0.1, 0.15) is 33.9 Å². The average Bonchev–Trinajstić information content (AvgIpc) is 3.05. The minimum absolute atomic E-state index is 0.0717. The minimum atomic E-state index is -0.737. The van der Waals surface area contributed by atoms with Crippen LogP contribution in [0.4, 0.5) is 0 Å². The highest BCUT2D eigenvalue weighted by atomic mass is 16.3. The van der Waals surface area contributed by atoms with E-state index < -0.39 is 17.7 Å². The lowest BCUT2D eigenvalue weighted by molar-refractivity contribution is -0.139. The number of aromatic hydroxyl groups is 1. The number of phenols is 1. The van der Waals surface area contributed by atoms with E-state index in [1.54, 1.807) is 12.1 Å². The average molecular weight is 428 g/mol. The highest BCUT2D eigenvalue weighted by Crippen LogP contribution is 2.40. The molecule has 0 saturated carbocycles. The molecule has 0 spiro atoms. The number of phenolic OH excluding ortho intramolecular Hbond substituents is 1. The molecule has 5 nitrogen and oxygen atoms in total. The number of amides is 1. The van der Waals surface area contributed by atoms with Gasteiger partial charge in [-0.25, -0.2) is 0 Å². The van der Waals surface area contributed by atoms with Gasteiger partial charge in [-0.3, -0.25) is 9.59 Å². The zero-order valence-electron chi connectivity index (χ0n) is 18.1. The maximum Gasteiger partial charge on any atom is 0.295 e. The van der Waals surface area contributed by atoms with Gasteiger partial charge in [0.25, 0.3) is 11.7 Å². The summed E-state index contributed by atoms with van der Waals surface area (Å²) in [7, 11) is 0. The summed E-state index contributed by atoms with van der Waals surface area (Å²) in [4.78, 5) is 27.7. The van der Waals surface area contributed by atoms with Crippen molar-refractivity contribution < 1.29 is 19.8 Å². The molecule has 1 heterocycles. The van der Waals surface area contributed by atoms with Crippen LogP contribution >= 0.6 is 0 Å². The molecule has 0 aliphatic carbocycles. The molecule has 0 aromatic heterocycles. The van der Waals surface area contributed by atoms with Gasteiger partial charge in [0.15, 0.2) is 0 Å². The number of aliphatic hydroxyl groups excluding tert-OH is 1. The predicted octanol–water partition coefficient (Wildman–Crippen LogP) is 4.67. The van der Waals surface area contributed by atoms with Crippen molar-refractivity contribution in [2.75, 3.05) is 6.54 Å². The Labute approximate surface area is 187 Å². The molecule has 1 fully saturated rings. The Morgan fingerprint density at radius 1 is 0.938 bits per heavy atom.